The van der Waals surface area contributed by atoms with Gasteiger partial charge < -0.3 is 20.4 Å². The highest BCUT2D eigenvalue weighted by Crippen LogP contribution is 2.37. The summed E-state index contributed by atoms with van der Waals surface area (Å²) in [5.41, 5.74) is 6.62. The van der Waals surface area contributed by atoms with Gasteiger partial charge in [0.05, 0.1) is 0 Å². The number of phenols is 3. The fourth-order valence-corrected chi connectivity index (χ4v) is 4.97. The van der Waals surface area contributed by atoms with Gasteiger partial charge in [-0.2, -0.15) is 0 Å². The van der Waals surface area contributed by atoms with Gasteiger partial charge in [0.1, 0.15) is 23.0 Å². The highest BCUT2D eigenvalue weighted by molar-refractivity contribution is 5.49. The molecule has 4 N–H and O–H groups in total. The summed E-state index contributed by atoms with van der Waals surface area (Å²) in [6.45, 7) is 12.1. The van der Waals surface area contributed by atoms with E-state index in [1.807, 2.05) is 70.2 Å². The van der Waals surface area contributed by atoms with Gasteiger partial charge in [0.2, 0.25) is 0 Å². The van der Waals surface area contributed by atoms with E-state index >= 15 is 0 Å². The van der Waals surface area contributed by atoms with Crippen LogP contribution >= 0.6 is 0 Å². The Morgan fingerprint density at radius 1 is 0.585 bits per heavy atom. The third kappa shape index (κ3) is 7.09. The van der Waals surface area contributed by atoms with Crippen LogP contribution in [-0.2, 0) is 0 Å². The van der Waals surface area contributed by atoms with Crippen molar-refractivity contribution in [3.63, 3.8) is 0 Å². The highest BCUT2D eigenvalue weighted by atomic mass is 16.3. The van der Waals surface area contributed by atoms with Gasteiger partial charge in [-0.3, -0.25) is 0 Å². The molecular weight excluding hydrogens is 508 g/mol. The smallest absolute Gasteiger partial charge is 0.118 e. The number of allylic oxidation sites excluding steroid dienone is 4. The van der Waals surface area contributed by atoms with Crippen LogP contribution in [0.1, 0.15) is 67.3 Å². The lowest BCUT2D eigenvalue weighted by atomic mass is 9.81. The number of hydrogen-bond acceptors (Lipinski definition) is 4. The van der Waals surface area contributed by atoms with Crippen LogP contribution in [0.3, 0.4) is 0 Å². The minimum absolute atomic E-state index is 0.0997. The Kier molecular flexibility index (Phi) is 8.73. The van der Waals surface area contributed by atoms with Crippen LogP contribution in [-0.4, -0.2) is 20.4 Å². The summed E-state index contributed by atoms with van der Waals surface area (Å²) >= 11 is 0. The van der Waals surface area contributed by atoms with E-state index in [9.17, 15) is 20.4 Å². The van der Waals surface area contributed by atoms with Crippen LogP contribution in [0.4, 0.5) is 0 Å². The summed E-state index contributed by atoms with van der Waals surface area (Å²) in [6, 6.07) is 30.0. The second-order valence-electron chi connectivity index (χ2n) is 11.5. The fraction of sp³-hybridized carbons (Fsp3) is 0.189. The van der Waals surface area contributed by atoms with Gasteiger partial charge in [-0.05, 0) is 88.2 Å². The van der Waals surface area contributed by atoms with Crippen molar-refractivity contribution in [1.29, 1.82) is 0 Å². The van der Waals surface area contributed by atoms with Gasteiger partial charge in [0.15, 0.2) is 0 Å². The molecule has 0 aromatic heterocycles. The molecule has 0 fully saturated rings. The molecule has 0 aliphatic carbocycles. The standard InChI is InChI=1S/C37H38O4/c1-24(6-23-34(41)25(2)37(3,4)5)35(27-11-17-31(38)18-12-27)26-7-9-28(10-8-26)36(29-13-19-32(39)20-14-29)30-15-21-33(40)22-16-30/h6-23,35-36,38-41H,2H2,1,3-5H3/b24-6+,34-23+. The van der Waals surface area contributed by atoms with E-state index in [-0.39, 0.29) is 40.3 Å². The van der Waals surface area contributed by atoms with Crippen molar-refractivity contribution in [1.82, 2.24) is 0 Å². The first-order valence-electron chi connectivity index (χ1n) is 13.7. The van der Waals surface area contributed by atoms with Crippen molar-refractivity contribution in [2.75, 3.05) is 0 Å². The maximum absolute atomic E-state index is 10.7. The molecule has 4 aromatic carbocycles. The average Bonchev–Trinajstić information content (AvgIpc) is 2.95. The van der Waals surface area contributed by atoms with Crippen LogP contribution in [0, 0.1) is 5.41 Å². The van der Waals surface area contributed by atoms with Gasteiger partial charge in [0, 0.05) is 11.8 Å². The first kappa shape index (κ1) is 29.3. The zero-order valence-electron chi connectivity index (χ0n) is 24.0. The van der Waals surface area contributed by atoms with Gasteiger partial charge in [0.25, 0.3) is 0 Å². The SMILES string of the molecule is C=C(/C(O)=C\C=C(/C)C(c1ccc(O)cc1)c1ccc(C(c2ccc(O)cc2)c2ccc(O)cc2)cc1)C(C)(C)C. The van der Waals surface area contributed by atoms with Crippen LogP contribution < -0.4 is 0 Å². The quantitative estimate of drug-likeness (QED) is 0.101. The summed E-state index contributed by atoms with van der Waals surface area (Å²) < 4.78 is 0. The first-order chi connectivity index (χ1) is 19.4. The molecule has 1 unspecified atom stereocenters. The molecule has 4 aromatic rings. The summed E-state index contributed by atoms with van der Waals surface area (Å²) in [5.74, 6) is 0.559. The molecule has 0 spiro atoms. The van der Waals surface area contributed by atoms with Gasteiger partial charge in [-0.1, -0.05) is 99.7 Å². The predicted molar refractivity (Wildman–Crippen MR) is 167 cm³/mol. The second-order valence-corrected chi connectivity index (χ2v) is 11.5. The predicted octanol–water partition coefficient (Wildman–Crippen LogP) is 9.11. The molecule has 0 bridgehead atoms. The van der Waals surface area contributed by atoms with E-state index in [1.165, 1.54) is 0 Å². The molecule has 0 saturated carbocycles. The Morgan fingerprint density at radius 2 is 0.902 bits per heavy atom. The van der Waals surface area contributed by atoms with Crippen LogP contribution in [0.25, 0.3) is 0 Å². The Morgan fingerprint density at radius 3 is 1.27 bits per heavy atom. The number of phenolic OH excluding ortho intramolecular Hbond substituents is 3. The lowest BCUT2D eigenvalue weighted by molar-refractivity contribution is 0.380. The van der Waals surface area contributed by atoms with E-state index in [1.54, 1.807) is 42.5 Å². The molecule has 210 valence electrons. The first-order valence-corrected chi connectivity index (χ1v) is 13.7. The highest BCUT2D eigenvalue weighted by Gasteiger charge is 2.21. The molecule has 0 saturated heterocycles. The number of rotatable bonds is 8. The lowest BCUT2D eigenvalue weighted by Gasteiger charge is -2.23. The van der Waals surface area contributed by atoms with Crippen molar-refractivity contribution >= 4 is 0 Å². The molecular formula is C37H38O4. The number of aliphatic hydroxyl groups is 1. The van der Waals surface area contributed by atoms with Crippen molar-refractivity contribution in [2.45, 2.75) is 39.5 Å². The summed E-state index contributed by atoms with van der Waals surface area (Å²) in [6.07, 6.45) is 3.63. The number of hydrogen-bond donors (Lipinski definition) is 4. The molecule has 4 nitrogen and oxygen atoms in total. The summed E-state index contributed by atoms with van der Waals surface area (Å²) in [7, 11) is 0. The monoisotopic (exact) mass is 546 g/mol. The van der Waals surface area contributed by atoms with Gasteiger partial charge in [-0.25, -0.2) is 0 Å². The zero-order valence-corrected chi connectivity index (χ0v) is 24.0. The molecule has 0 aliphatic heterocycles. The molecule has 0 amide bonds. The van der Waals surface area contributed by atoms with Crippen molar-refractivity contribution in [3.8, 4) is 17.2 Å². The fourth-order valence-electron chi connectivity index (χ4n) is 4.97. The maximum Gasteiger partial charge on any atom is 0.118 e. The van der Waals surface area contributed by atoms with Crippen LogP contribution in [0.5, 0.6) is 17.2 Å². The third-order valence-electron chi connectivity index (χ3n) is 7.46. The largest absolute Gasteiger partial charge is 0.508 e. The Balaban J connectivity index is 1.76. The molecule has 0 heterocycles. The Bertz CT molecular complexity index is 1490. The summed E-state index contributed by atoms with van der Waals surface area (Å²) in [5, 5.41) is 40.3. The summed E-state index contributed by atoms with van der Waals surface area (Å²) in [4.78, 5) is 0. The normalized spacial score (nSPS) is 13.3. The zero-order chi connectivity index (χ0) is 29.7. The second kappa shape index (κ2) is 12.2. The van der Waals surface area contributed by atoms with Gasteiger partial charge in [-0.15, -0.1) is 0 Å². The van der Waals surface area contributed by atoms with E-state index in [2.05, 4.69) is 30.8 Å². The maximum atomic E-state index is 10.7. The molecule has 0 radical (unpaired) electrons. The number of benzene rings is 4. The topological polar surface area (TPSA) is 80.9 Å². The van der Waals surface area contributed by atoms with Crippen LogP contribution in [0.15, 0.2) is 133 Å². The van der Waals surface area contributed by atoms with Crippen LogP contribution in [0.2, 0.25) is 0 Å². The molecule has 0 aliphatic rings. The minimum Gasteiger partial charge on any atom is -0.508 e. The van der Waals surface area contributed by atoms with E-state index in [0.29, 0.717) is 5.57 Å². The van der Waals surface area contributed by atoms with E-state index < -0.39 is 0 Å². The van der Waals surface area contributed by atoms with E-state index in [4.69, 9.17) is 0 Å². The molecule has 1 atom stereocenters. The number of aromatic hydroxyl groups is 3. The Hall–Kier alpha value is -4.70. The third-order valence-corrected chi connectivity index (χ3v) is 7.46. The lowest BCUT2D eigenvalue weighted by Crippen LogP contribution is -2.10. The minimum atomic E-state index is -0.250. The van der Waals surface area contributed by atoms with Crippen molar-refractivity contribution in [3.05, 3.63) is 161 Å². The van der Waals surface area contributed by atoms with E-state index in [0.717, 1.165) is 33.4 Å². The molecule has 4 heteroatoms. The average molecular weight is 547 g/mol. The molecule has 41 heavy (non-hydrogen) atoms. The molecule has 4 rings (SSSR count). The van der Waals surface area contributed by atoms with Crippen molar-refractivity contribution < 1.29 is 20.4 Å². The Labute approximate surface area is 242 Å². The van der Waals surface area contributed by atoms with Crippen molar-refractivity contribution in [2.24, 2.45) is 5.41 Å². The van der Waals surface area contributed by atoms with Gasteiger partial charge >= 0.3 is 0 Å². The number of aliphatic hydroxyl groups excluding tert-OH is 1.